The van der Waals surface area contributed by atoms with Crippen molar-refractivity contribution in [2.75, 3.05) is 0 Å². The van der Waals surface area contributed by atoms with Crippen molar-refractivity contribution >= 4 is 11.9 Å². The Morgan fingerprint density at radius 2 is 1.19 bits per heavy atom. The lowest BCUT2D eigenvalue weighted by atomic mass is 9.74. The molecule has 4 nitrogen and oxygen atoms in total. The number of hydrogen-bond acceptors (Lipinski definition) is 4. The molecule has 0 N–H and O–H groups in total. The smallest absolute Gasteiger partial charge is 0.335 e. The molecule has 0 saturated heterocycles. The quantitative estimate of drug-likeness (QED) is 0.416. The molecular weight excluding hydrogens is 328 g/mol. The molecule has 2 aromatic carbocycles. The van der Waals surface area contributed by atoms with Gasteiger partial charge in [-0.2, -0.15) is 0 Å². The molecule has 0 amide bonds. The van der Waals surface area contributed by atoms with Crippen LogP contribution in [-0.2, 0) is 15.0 Å². The second-order valence-corrected chi connectivity index (χ2v) is 5.98. The Morgan fingerprint density at radius 3 is 1.46 bits per heavy atom. The van der Waals surface area contributed by atoms with Gasteiger partial charge in [0.1, 0.15) is 11.5 Å². The molecule has 0 bridgehead atoms. The van der Waals surface area contributed by atoms with Crippen LogP contribution in [0.25, 0.3) is 0 Å². The van der Waals surface area contributed by atoms with E-state index in [-0.39, 0.29) is 5.41 Å². The molecule has 2 aromatic rings. The zero-order valence-corrected chi connectivity index (χ0v) is 15.0. The molecular formula is C22H22O4. The van der Waals surface area contributed by atoms with Crippen molar-refractivity contribution in [1.29, 1.82) is 0 Å². The maximum absolute atomic E-state index is 11.3. The van der Waals surface area contributed by atoms with Crippen molar-refractivity contribution in [1.82, 2.24) is 0 Å². The van der Waals surface area contributed by atoms with Gasteiger partial charge in [-0.05, 0) is 41.8 Å². The van der Waals surface area contributed by atoms with Crippen LogP contribution in [-0.4, -0.2) is 11.9 Å². The normalized spacial score (nSPS) is 10.7. The van der Waals surface area contributed by atoms with Crippen LogP contribution in [0.5, 0.6) is 11.5 Å². The fourth-order valence-electron chi connectivity index (χ4n) is 2.67. The first kappa shape index (κ1) is 19.2. The first-order valence-electron chi connectivity index (χ1n) is 8.32. The summed E-state index contributed by atoms with van der Waals surface area (Å²) < 4.78 is 10.2. The molecule has 0 aliphatic heterocycles. The number of benzene rings is 2. The summed E-state index contributed by atoms with van der Waals surface area (Å²) in [5.41, 5.74) is 1.95. The molecule has 4 heteroatoms. The van der Waals surface area contributed by atoms with Crippen LogP contribution in [0, 0.1) is 0 Å². The van der Waals surface area contributed by atoms with Gasteiger partial charge < -0.3 is 9.47 Å². The van der Waals surface area contributed by atoms with Gasteiger partial charge in [0, 0.05) is 17.6 Å². The van der Waals surface area contributed by atoms with Crippen LogP contribution >= 0.6 is 0 Å². The molecule has 134 valence electrons. The average Bonchev–Trinajstić information content (AvgIpc) is 2.68. The second kappa shape index (κ2) is 8.30. The van der Waals surface area contributed by atoms with Crippen molar-refractivity contribution < 1.29 is 19.1 Å². The minimum atomic E-state index is -0.485. The number of esters is 2. The molecule has 0 radical (unpaired) electrons. The minimum absolute atomic E-state index is 0.234. The first-order valence-corrected chi connectivity index (χ1v) is 8.32. The van der Waals surface area contributed by atoms with Crippen LogP contribution < -0.4 is 9.47 Å². The van der Waals surface area contributed by atoms with E-state index in [2.05, 4.69) is 27.0 Å². The molecule has 26 heavy (non-hydrogen) atoms. The highest BCUT2D eigenvalue weighted by molar-refractivity contribution is 5.83. The molecule has 0 unspecified atom stereocenters. The Labute approximate surface area is 153 Å². The average molecular weight is 350 g/mol. The molecule has 0 saturated carbocycles. The Kier molecular flexibility index (Phi) is 6.12. The van der Waals surface area contributed by atoms with Crippen LogP contribution in [0.2, 0.25) is 0 Å². The van der Waals surface area contributed by atoms with Gasteiger partial charge in [0.05, 0.1) is 0 Å². The molecule has 0 aromatic heterocycles. The number of ether oxygens (including phenoxy) is 2. The summed E-state index contributed by atoms with van der Waals surface area (Å²) in [6.45, 7) is 11.0. The van der Waals surface area contributed by atoms with Crippen LogP contribution in [0.4, 0.5) is 0 Å². The van der Waals surface area contributed by atoms with E-state index in [0.29, 0.717) is 11.5 Å². The van der Waals surface area contributed by atoms with Gasteiger partial charge in [-0.15, -0.1) is 0 Å². The molecule has 0 heterocycles. The Balaban J connectivity index is 2.26. The molecule has 0 aliphatic carbocycles. The van der Waals surface area contributed by atoms with Gasteiger partial charge in [0.25, 0.3) is 0 Å². The Bertz CT molecular complexity index is 736. The third-order valence-electron chi connectivity index (χ3n) is 4.46. The van der Waals surface area contributed by atoms with E-state index in [1.54, 1.807) is 24.3 Å². The van der Waals surface area contributed by atoms with Crippen LogP contribution in [0.3, 0.4) is 0 Å². The predicted molar refractivity (Wildman–Crippen MR) is 101 cm³/mol. The fraction of sp³-hybridized carbons (Fsp3) is 0.182. The lowest BCUT2D eigenvalue weighted by molar-refractivity contribution is -0.129. The standard InChI is InChI=1S/C22H22O4/c1-5-20(23)25-18-12-8-16(9-13-18)22(4,7-3)17-10-14-19(15-11-17)26-21(24)6-2/h5-6,8-15H,1-2,7H2,3-4H3. The van der Waals surface area contributed by atoms with E-state index in [4.69, 9.17) is 9.47 Å². The summed E-state index contributed by atoms with van der Waals surface area (Å²) in [5.74, 6) is -0.0195. The van der Waals surface area contributed by atoms with Crippen molar-refractivity contribution in [3.05, 3.63) is 85.0 Å². The van der Waals surface area contributed by atoms with Crippen molar-refractivity contribution in [2.45, 2.75) is 25.7 Å². The number of carbonyl (C=O) groups excluding carboxylic acids is 2. The summed E-state index contributed by atoms with van der Waals surface area (Å²) in [6.07, 6.45) is 3.13. The summed E-state index contributed by atoms with van der Waals surface area (Å²) in [5, 5.41) is 0. The summed E-state index contributed by atoms with van der Waals surface area (Å²) in [7, 11) is 0. The van der Waals surface area contributed by atoms with E-state index in [9.17, 15) is 9.59 Å². The lowest BCUT2D eigenvalue weighted by Gasteiger charge is -2.30. The molecule has 0 spiro atoms. The zero-order valence-electron chi connectivity index (χ0n) is 15.0. The zero-order chi connectivity index (χ0) is 19.2. The van der Waals surface area contributed by atoms with E-state index in [0.717, 1.165) is 29.7 Å². The Hall–Kier alpha value is -3.14. The number of rotatable bonds is 7. The van der Waals surface area contributed by atoms with Gasteiger partial charge in [-0.1, -0.05) is 51.3 Å². The SMILES string of the molecule is C=CC(=O)Oc1ccc(C(C)(CC)c2ccc(OC(=O)C=C)cc2)cc1. The summed E-state index contributed by atoms with van der Waals surface area (Å²) in [6, 6.07) is 14.9. The van der Waals surface area contributed by atoms with E-state index < -0.39 is 11.9 Å². The molecule has 0 atom stereocenters. The van der Waals surface area contributed by atoms with Gasteiger partial charge in [-0.3, -0.25) is 0 Å². The molecule has 0 fully saturated rings. The van der Waals surface area contributed by atoms with Crippen molar-refractivity contribution in [3.8, 4) is 11.5 Å². The van der Waals surface area contributed by atoms with Gasteiger partial charge in [0.15, 0.2) is 0 Å². The monoisotopic (exact) mass is 350 g/mol. The fourth-order valence-corrected chi connectivity index (χ4v) is 2.67. The third kappa shape index (κ3) is 4.28. The summed E-state index contributed by atoms with van der Waals surface area (Å²) >= 11 is 0. The first-order chi connectivity index (χ1) is 12.4. The van der Waals surface area contributed by atoms with Crippen LogP contribution in [0.15, 0.2) is 73.8 Å². The maximum Gasteiger partial charge on any atom is 0.335 e. The predicted octanol–water partition coefficient (Wildman–Crippen LogP) is 4.59. The topological polar surface area (TPSA) is 52.6 Å². The highest BCUT2D eigenvalue weighted by Crippen LogP contribution is 2.36. The molecule has 2 rings (SSSR count). The maximum atomic E-state index is 11.3. The van der Waals surface area contributed by atoms with Crippen LogP contribution in [0.1, 0.15) is 31.4 Å². The van der Waals surface area contributed by atoms with E-state index in [1.807, 2.05) is 24.3 Å². The molecule has 0 aliphatic rings. The Morgan fingerprint density at radius 1 is 0.846 bits per heavy atom. The third-order valence-corrected chi connectivity index (χ3v) is 4.46. The lowest BCUT2D eigenvalue weighted by Crippen LogP contribution is -2.22. The highest BCUT2D eigenvalue weighted by Gasteiger charge is 2.27. The van der Waals surface area contributed by atoms with Gasteiger partial charge >= 0.3 is 11.9 Å². The number of carbonyl (C=O) groups is 2. The van der Waals surface area contributed by atoms with Gasteiger partial charge in [-0.25, -0.2) is 9.59 Å². The second-order valence-electron chi connectivity index (χ2n) is 5.98. The summed E-state index contributed by atoms with van der Waals surface area (Å²) in [4.78, 5) is 22.6. The largest absolute Gasteiger partial charge is 0.423 e. The van der Waals surface area contributed by atoms with Gasteiger partial charge in [0.2, 0.25) is 0 Å². The van der Waals surface area contributed by atoms with Crippen molar-refractivity contribution in [2.24, 2.45) is 0 Å². The minimum Gasteiger partial charge on any atom is -0.423 e. The number of hydrogen-bond donors (Lipinski definition) is 0. The van der Waals surface area contributed by atoms with E-state index >= 15 is 0 Å². The van der Waals surface area contributed by atoms with Crippen molar-refractivity contribution in [3.63, 3.8) is 0 Å². The van der Waals surface area contributed by atoms with E-state index in [1.165, 1.54) is 0 Å². The highest BCUT2D eigenvalue weighted by atomic mass is 16.5.